The Labute approximate surface area is 161 Å². The molecule has 2 aromatic carbocycles. The highest BCUT2D eigenvalue weighted by Gasteiger charge is 2.39. The van der Waals surface area contributed by atoms with Crippen molar-refractivity contribution >= 4 is 28.6 Å². The Bertz CT molecular complexity index is 1080. The third-order valence-electron chi connectivity index (χ3n) is 4.72. The van der Waals surface area contributed by atoms with Crippen LogP contribution < -0.4 is 9.47 Å². The molecule has 2 heterocycles. The summed E-state index contributed by atoms with van der Waals surface area (Å²) < 4.78 is 12.6. The van der Waals surface area contributed by atoms with Gasteiger partial charge in [0.2, 0.25) is 5.82 Å². The maximum Gasteiger partial charge on any atom is 0.313 e. The van der Waals surface area contributed by atoms with E-state index in [0.717, 1.165) is 16.6 Å². The van der Waals surface area contributed by atoms with Crippen LogP contribution in [0.25, 0.3) is 16.7 Å². The van der Waals surface area contributed by atoms with Gasteiger partial charge in [0.1, 0.15) is 17.5 Å². The van der Waals surface area contributed by atoms with Gasteiger partial charge in [-0.25, -0.2) is 9.86 Å². The molecule has 0 amide bonds. The standard InChI is InChI=1S/C21H18N2O5/c1-26-19-10-6-9-16-15(19)11-17-18(23(27-2)20(13-24)22(16)17)12-21(25)28-14-7-4-3-5-8-14/h3-11,18H,12H2,1-2H3. The predicted octanol–water partition coefficient (Wildman–Crippen LogP) is 3.19. The van der Waals surface area contributed by atoms with E-state index in [2.05, 4.69) is 0 Å². The minimum absolute atomic E-state index is 0.00739. The van der Waals surface area contributed by atoms with Gasteiger partial charge in [-0.15, -0.1) is 0 Å². The Kier molecular flexibility index (Phi) is 4.61. The van der Waals surface area contributed by atoms with Crippen LogP contribution in [0.5, 0.6) is 11.5 Å². The molecule has 1 aromatic heterocycles. The molecule has 0 N–H and O–H groups in total. The lowest BCUT2D eigenvalue weighted by Crippen LogP contribution is -2.25. The number of ether oxygens (including phenoxy) is 2. The number of fused-ring (bicyclic) bond motifs is 3. The highest BCUT2D eigenvalue weighted by atomic mass is 16.7. The summed E-state index contributed by atoms with van der Waals surface area (Å²) in [4.78, 5) is 29.6. The van der Waals surface area contributed by atoms with Crippen LogP contribution in [0.2, 0.25) is 0 Å². The van der Waals surface area contributed by atoms with Crippen molar-refractivity contribution in [3.63, 3.8) is 0 Å². The molecule has 28 heavy (non-hydrogen) atoms. The molecule has 0 radical (unpaired) electrons. The van der Waals surface area contributed by atoms with Gasteiger partial charge >= 0.3 is 5.97 Å². The van der Waals surface area contributed by atoms with Gasteiger partial charge in [-0.3, -0.25) is 14.2 Å². The number of esters is 1. The Balaban J connectivity index is 1.74. The Morgan fingerprint density at radius 2 is 1.89 bits per heavy atom. The Morgan fingerprint density at radius 3 is 2.57 bits per heavy atom. The minimum Gasteiger partial charge on any atom is -0.496 e. The molecular weight excluding hydrogens is 360 g/mol. The second kappa shape index (κ2) is 7.23. The van der Waals surface area contributed by atoms with Crippen LogP contribution >= 0.6 is 0 Å². The fraction of sp³-hybridized carbons (Fsp3) is 0.190. The number of carbonyl (C=O) groups is 1. The lowest BCUT2D eigenvalue weighted by Gasteiger charge is -2.22. The lowest BCUT2D eigenvalue weighted by atomic mass is 10.1. The number of rotatable bonds is 5. The number of aromatic nitrogens is 1. The van der Waals surface area contributed by atoms with Crippen molar-refractivity contribution < 1.29 is 23.9 Å². The fourth-order valence-corrected chi connectivity index (χ4v) is 3.56. The number of hydrogen-bond acceptors (Lipinski definition) is 6. The van der Waals surface area contributed by atoms with E-state index in [4.69, 9.17) is 14.3 Å². The summed E-state index contributed by atoms with van der Waals surface area (Å²) in [6, 6.07) is 15.7. The summed E-state index contributed by atoms with van der Waals surface area (Å²) in [6.45, 7) is 0. The average molecular weight is 378 g/mol. The quantitative estimate of drug-likeness (QED) is 0.386. The molecule has 0 spiro atoms. The molecule has 1 aliphatic rings. The zero-order valence-corrected chi connectivity index (χ0v) is 15.4. The van der Waals surface area contributed by atoms with Crippen molar-refractivity contribution in [1.29, 1.82) is 0 Å². The maximum atomic E-state index is 12.5. The first-order valence-electron chi connectivity index (χ1n) is 8.70. The smallest absolute Gasteiger partial charge is 0.313 e. The molecule has 0 saturated carbocycles. The van der Waals surface area contributed by atoms with Gasteiger partial charge in [-0.2, -0.15) is 0 Å². The summed E-state index contributed by atoms with van der Waals surface area (Å²) in [5.41, 5.74) is 1.50. The Hall–Kier alpha value is -3.54. The van der Waals surface area contributed by atoms with Crippen LogP contribution in [0.15, 0.2) is 54.6 Å². The molecule has 1 aliphatic heterocycles. The molecule has 7 heteroatoms. The number of carbonyl (C=O) groups excluding carboxylic acids is 2. The number of methoxy groups -OCH3 is 1. The first kappa shape index (κ1) is 17.9. The monoisotopic (exact) mass is 378 g/mol. The molecule has 4 rings (SSSR count). The van der Waals surface area contributed by atoms with Gasteiger partial charge < -0.3 is 9.47 Å². The van der Waals surface area contributed by atoms with Crippen LogP contribution in [0, 0.1) is 0 Å². The van der Waals surface area contributed by atoms with Gasteiger partial charge in [0, 0.05) is 5.39 Å². The third-order valence-corrected chi connectivity index (χ3v) is 4.72. The Morgan fingerprint density at radius 1 is 1.11 bits per heavy atom. The van der Waals surface area contributed by atoms with E-state index in [1.807, 2.05) is 36.3 Å². The van der Waals surface area contributed by atoms with Gasteiger partial charge in [0.05, 0.1) is 31.9 Å². The number of benzene rings is 2. The number of nitrogens with zero attached hydrogens (tertiary/aromatic N) is 2. The molecule has 0 bridgehead atoms. The number of hydrogen-bond donors (Lipinski definition) is 0. The van der Waals surface area contributed by atoms with Crippen LogP contribution in [0.1, 0.15) is 18.2 Å². The molecule has 0 fully saturated rings. The topological polar surface area (TPSA) is 70.0 Å². The predicted molar refractivity (Wildman–Crippen MR) is 102 cm³/mol. The molecule has 0 aliphatic carbocycles. The summed E-state index contributed by atoms with van der Waals surface area (Å²) in [5.74, 6) is 2.81. The van der Waals surface area contributed by atoms with E-state index >= 15 is 0 Å². The highest BCUT2D eigenvalue weighted by Crippen LogP contribution is 2.43. The molecule has 3 aromatic rings. The molecule has 1 atom stereocenters. The van der Waals surface area contributed by atoms with Crippen molar-refractivity contribution in [3.05, 3.63) is 60.3 Å². The van der Waals surface area contributed by atoms with E-state index in [0.29, 0.717) is 11.5 Å². The van der Waals surface area contributed by atoms with Crippen molar-refractivity contribution in [1.82, 2.24) is 9.63 Å². The van der Waals surface area contributed by atoms with Crippen LogP contribution in [-0.4, -0.2) is 35.8 Å². The zero-order chi connectivity index (χ0) is 19.7. The number of hydroxylamine groups is 2. The minimum atomic E-state index is -0.533. The van der Waals surface area contributed by atoms with Gasteiger partial charge in [-0.05, 0) is 30.3 Å². The van der Waals surface area contributed by atoms with Gasteiger partial charge in [0.25, 0.3) is 0 Å². The van der Waals surface area contributed by atoms with E-state index in [1.54, 1.807) is 35.9 Å². The second-order valence-electron chi connectivity index (χ2n) is 6.24. The lowest BCUT2D eigenvalue weighted by molar-refractivity contribution is -0.143. The van der Waals surface area contributed by atoms with Crippen LogP contribution in [0.3, 0.4) is 0 Å². The van der Waals surface area contributed by atoms with E-state index in [1.165, 1.54) is 12.2 Å². The zero-order valence-electron chi connectivity index (χ0n) is 15.4. The second-order valence-corrected chi connectivity index (χ2v) is 6.24. The fourth-order valence-electron chi connectivity index (χ4n) is 3.56. The van der Waals surface area contributed by atoms with Crippen molar-refractivity contribution in [3.8, 4) is 11.5 Å². The van der Waals surface area contributed by atoms with E-state index in [9.17, 15) is 9.59 Å². The average Bonchev–Trinajstić information content (AvgIpc) is 3.23. The molecule has 0 saturated heterocycles. The molecule has 1 unspecified atom stereocenters. The summed E-state index contributed by atoms with van der Waals surface area (Å²) >= 11 is 0. The first-order valence-corrected chi connectivity index (χ1v) is 8.70. The van der Waals surface area contributed by atoms with Crippen molar-refractivity contribution in [2.45, 2.75) is 12.5 Å². The first-order chi connectivity index (χ1) is 13.7. The summed E-state index contributed by atoms with van der Waals surface area (Å²) in [6.07, 6.45) is -0.00739. The van der Waals surface area contributed by atoms with Crippen molar-refractivity contribution in [2.75, 3.05) is 14.2 Å². The van der Waals surface area contributed by atoms with E-state index < -0.39 is 12.0 Å². The largest absolute Gasteiger partial charge is 0.496 e. The molecular formula is C21H18N2O5. The number of para-hydroxylation sites is 1. The maximum absolute atomic E-state index is 12.5. The normalized spacial score (nSPS) is 15.4. The SMILES string of the molecule is COc1cccc2c1cc1n2C(=C=O)N(OC)C1CC(=O)Oc1ccccc1. The van der Waals surface area contributed by atoms with Gasteiger partial charge in [-0.1, -0.05) is 24.3 Å². The molecule has 142 valence electrons. The highest BCUT2D eigenvalue weighted by molar-refractivity contribution is 5.94. The van der Waals surface area contributed by atoms with Crippen LogP contribution in [-0.2, 0) is 14.4 Å². The van der Waals surface area contributed by atoms with Crippen LogP contribution in [0.4, 0.5) is 0 Å². The third kappa shape index (κ3) is 2.83. The summed E-state index contributed by atoms with van der Waals surface area (Å²) in [7, 11) is 3.03. The van der Waals surface area contributed by atoms with E-state index in [-0.39, 0.29) is 12.2 Å². The summed E-state index contributed by atoms with van der Waals surface area (Å²) in [5, 5.41) is 2.22. The molecule has 7 nitrogen and oxygen atoms in total. The van der Waals surface area contributed by atoms with Gasteiger partial charge in [0.15, 0.2) is 5.94 Å². The van der Waals surface area contributed by atoms with Crippen molar-refractivity contribution in [2.24, 2.45) is 0 Å².